The molecule has 0 atom stereocenters. The van der Waals surface area contributed by atoms with Crippen LogP contribution in [0.2, 0.25) is 0 Å². The molecule has 1 fully saturated rings. The first-order valence-electron chi connectivity index (χ1n) is 8.37. The van der Waals surface area contributed by atoms with Gasteiger partial charge in [0.05, 0.1) is 0 Å². The van der Waals surface area contributed by atoms with Gasteiger partial charge in [-0.3, -0.25) is 9.59 Å². The van der Waals surface area contributed by atoms with Gasteiger partial charge in [0.15, 0.2) is 0 Å². The molecule has 5 nitrogen and oxygen atoms in total. The second-order valence-corrected chi connectivity index (χ2v) is 6.33. The molecule has 5 heteroatoms. The van der Waals surface area contributed by atoms with Gasteiger partial charge in [-0.05, 0) is 37.5 Å². The van der Waals surface area contributed by atoms with Crippen LogP contribution in [0.1, 0.15) is 43.0 Å². The van der Waals surface area contributed by atoms with Crippen molar-refractivity contribution >= 4 is 17.5 Å². The van der Waals surface area contributed by atoms with Crippen LogP contribution in [-0.2, 0) is 4.79 Å². The summed E-state index contributed by atoms with van der Waals surface area (Å²) < 4.78 is 0. The van der Waals surface area contributed by atoms with Gasteiger partial charge in [0.2, 0.25) is 5.91 Å². The molecular weight excluding hydrogens is 290 g/mol. The summed E-state index contributed by atoms with van der Waals surface area (Å²) in [5.74, 6) is 0.197. The predicted molar refractivity (Wildman–Crippen MR) is 92.7 cm³/mol. The van der Waals surface area contributed by atoms with Crippen LogP contribution in [-0.4, -0.2) is 49.9 Å². The summed E-state index contributed by atoms with van der Waals surface area (Å²) in [4.78, 5) is 28.2. The van der Waals surface area contributed by atoms with E-state index in [-0.39, 0.29) is 17.9 Å². The highest BCUT2D eigenvalue weighted by atomic mass is 16.2. The highest BCUT2D eigenvalue weighted by Gasteiger charge is 2.24. The first kappa shape index (κ1) is 17.3. The van der Waals surface area contributed by atoms with Crippen LogP contribution in [0.15, 0.2) is 24.3 Å². The fourth-order valence-electron chi connectivity index (χ4n) is 2.85. The van der Waals surface area contributed by atoms with E-state index in [0.717, 1.165) is 30.5 Å². The van der Waals surface area contributed by atoms with E-state index in [4.69, 9.17) is 0 Å². The summed E-state index contributed by atoms with van der Waals surface area (Å²) in [5, 5.41) is 3.06. The lowest BCUT2D eigenvalue weighted by Gasteiger charge is -2.32. The van der Waals surface area contributed by atoms with Crippen molar-refractivity contribution in [2.45, 2.75) is 38.6 Å². The lowest BCUT2D eigenvalue weighted by molar-refractivity contribution is -0.122. The van der Waals surface area contributed by atoms with Crippen molar-refractivity contribution in [1.82, 2.24) is 10.2 Å². The fourth-order valence-corrected chi connectivity index (χ4v) is 2.85. The Bertz CT molecular complexity index is 549. The van der Waals surface area contributed by atoms with Gasteiger partial charge in [-0.25, -0.2) is 0 Å². The van der Waals surface area contributed by atoms with Gasteiger partial charge in [-0.2, -0.15) is 0 Å². The second kappa shape index (κ2) is 7.99. The average molecular weight is 317 g/mol. The van der Waals surface area contributed by atoms with Crippen molar-refractivity contribution in [2.24, 2.45) is 0 Å². The number of anilines is 1. The number of nitrogens with zero attached hydrogens (tertiary/aromatic N) is 2. The van der Waals surface area contributed by atoms with E-state index in [2.05, 4.69) is 5.32 Å². The molecule has 1 aliphatic rings. The number of piperidine rings is 1. The zero-order valence-corrected chi connectivity index (χ0v) is 14.3. The van der Waals surface area contributed by atoms with Crippen LogP contribution in [0.3, 0.4) is 0 Å². The molecule has 0 radical (unpaired) electrons. The van der Waals surface area contributed by atoms with E-state index < -0.39 is 0 Å². The highest BCUT2D eigenvalue weighted by molar-refractivity contribution is 5.95. The minimum Gasteiger partial charge on any atom is -0.378 e. The molecule has 2 amide bonds. The maximum atomic E-state index is 12.6. The molecule has 1 N–H and O–H groups in total. The molecule has 2 rings (SSSR count). The van der Waals surface area contributed by atoms with Crippen LogP contribution in [0.5, 0.6) is 0 Å². The average Bonchev–Trinajstić information content (AvgIpc) is 2.55. The number of carbonyl (C=O) groups is 2. The van der Waals surface area contributed by atoms with E-state index in [0.29, 0.717) is 19.5 Å². The Morgan fingerprint density at radius 3 is 2.57 bits per heavy atom. The van der Waals surface area contributed by atoms with Crippen molar-refractivity contribution < 1.29 is 9.59 Å². The first-order valence-corrected chi connectivity index (χ1v) is 8.37. The van der Waals surface area contributed by atoms with Gasteiger partial charge in [-0.15, -0.1) is 0 Å². The zero-order chi connectivity index (χ0) is 16.8. The number of hydrogen-bond acceptors (Lipinski definition) is 3. The van der Waals surface area contributed by atoms with Crippen molar-refractivity contribution in [1.29, 1.82) is 0 Å². The minimum atomic E-state index is 0.0760. The van der Waals surface area contributed by atoms with Crippen LogP contribution in [0.25, 0.3) is 0 Å². The molecule has 0 spiro atoms. The maximum Gasteiger partial charge on any atom is 0.253 e. The highest BCUT2D eigenvalue weighted by Crippen LogP contribution is 2.18. The summed E-state index contributed by atoms with van der Waals surface area (Å²) in [6, 6.07) is 7.90. The molecule has 0 unspecified atom stereocenters. The summed E-state index contributed by atoms with van der Waals surface area (Å²) in [6.07, 6.45) is 3.10. The summed E-state index contributed by atoms with van der Waals surface area (Å²) in [7, 11) is 3.93. The molecule has 126 valence electrons. The Balaban J connectivity index is 1.91. The first-order chi connectivity index (χ1) is 11.0. The third-order valence-electron chi connectivity index (χ3n) is 4.23. The minimum absolute atomic E-state index is 0.0760. The van der Waals surface area contributed by atoms with Gasteiger partial charge < -0.3 is 15.1 Å². The van der Waals surface area contributed by atoms with Crippen molar-refractivity contribution in [3.8, 4) is 0 Å². The maximum absolute atomic E-state index is 12.6. The summed E-state index contributed by atoms with van der Waals surface area (Å²) in [5.41, 5.74) is 1.75. The Morgan fingerprint density at radius 2 is 1.96 bits per heavy atom. The van der Waals surface area contributed by atoms with Crippen molar-refractivity contribution in [3.05, 3.63) is 29.8 Å². The number of likely N-dealkylation sites (tertiary alicyclic amines) is 1. The molecule has 1 aliphatic heterocycles. The van der Waals surface area contributed by atoms with Gasteiger partial charge in [-0.1, -0.05) is 13.0 Å². The van der Waals surface area contributed by atoms with Gasteiger partial charge in [0.1, 0.15) is 0 Å². The topological polar surface area (TPSA) is 52.7 Å². The molecule has 0 aromatic heterocycles. The normalized spacial score (nSPS) is 15.3. The lowest BCUT2D eigenvalue weighted by atomic mass is 10.0. The monoisotopic (exact) mass is 317 g/mol. The number of nitrogens with one attached hydrogen (secondary N) is 1. The fraction of sp³-hybridized carbons (Fsp3) is 0.556. The Hall–Kier alpha value is -2.04. The third kappa shape index (κ3) is 4.71. The van der Waals surface area contributed by atoms with Gasteiger partial charge >= 0.3 is 0 Å². The quantitative estimate of drug-likeness (QED) is 0.906. The molecule has 0 aliphatic carbocycles. The lowest BCUT2D eigenvalue weighted by Crippen LogP contribution is -2.46. The third-order valence-corrected chi connectivity index (χ3v) is 4.23. The molecule has 0 saturated carbocycles. The van der Waals surface area contributed by atoms with Crippen LogP contribution in [0, 0.1) is 0 Å². The molecule has 1 aromatic carbocycles. The molecule has 1 heterocycles. The number of benzene rings is 1. The largest absolute Gasteiger partial charge is 0.378 e. The van der Waals surface area contributed by atoms with E-state index in [1.807, 2.05) is 55.1 Å². The van der Waals surface area contributed by atoms with E-state index >= 15 is 0 Å². The van der Waals surface area contributed by atoms with E-state index in [1.54, 1.807) is 0 Å². The van der Waals surface area contributed by atoms with Crippen LogP contribution < -0.4 is 10.2 Å². The molecule has 1 saturated heterocycles. The van der Waals surface area contributed by atoms with Crippen LogP contribution >= 0.6 is 0 Å². The van der Waals surface area contributed by atoms with Crippen molar-refractivity contribution in [2.75, 3.05) is 32.1 Å². The summed E-state index contributed by atoms with van der Waals surface area (Å²) >= 11 is 0. The van der Waals surface area contributed by atoms with E-state index in [9.17, 15) is 9.59 Å². The van der Waals surface area contributed by atoms with Crippen molar-refractivity contribution in [3.63, 3.8) is 0 Å². The van der Waals surface area contributed by atoms with Gasteiger partial charge in [0.25, 0.3) is 5.91 Å². The molecule has 23 heavy (non-hydrogen) atoms. The molecule has 0 bridgehead atoms. The second-order valence-electron chi connectivity index (χ2n) is 6.33. The SMILES string of the molecule is CCCC(=O)NC1CCN(C(=O)c2cccc(N(C)C)c2)CC1. The van der Waals surface area contributed by atoms with E-state index in [1.165, 1.54) is 0 Å². The number of amides is 2. The summed E-state index contributed by atoms with van der Waals surface area (Å²) in [6.45, 7) is 3.40. The smallest absolute Gasteiger partial charge is 0.253 e. The number of rotatable bonds is 5. The van der Waals surface area contributed by atoms with Gasteiger partial charge in [0, 0.05) is 50.9 Å². The Morgan fingerprint density at radius 1 is 1.26 bits per heavy atom. The Kier molecular flexibility index (Phi) is 6.02. The molecule has 1 aromatic rings. The number of hydrogen-bond donors (Lipinski definition) is 1. The predicted octanol–water partition coefficient (Wildman–Crippen LogP) is 2.27. The Labute approximate surface area is 138 Å². The zero-order valence-electron chi connectivity index (χ0n) is 14.3. The molecular formula is C18H27N3O2. The van der Waals surface area contributed by atoms with Crippen LogP contribution in [0.4, 0.5) is 5.69 Å². The standard InChI is InChI=1S/C18H27N3O2/c1-4-6-17(22)19-15-9-11-21(12-10-15)18(23)14-7-5-8-16(13-14)20(2)3/h5,7-8,13,15H,4,6,9-12H2,1-3H3,(H,19,22). The number of carbonyl (C=O) groups excluding carboxylic acids is 2.